The van der Waals surface area contributed by atoms with Gasteiger partial charge in [0.1, 0.15) is 0 Å². The summed E-state index contributed by atoms with van der Waals surface area (Å²) in [7, 11) is 0. The monoisotopic (exact) mass is 292 g/mol. The molecule has 20 heavy (non-hydrogen) atoms. The molecular weight excluding hydrogens is 272 g/mol. The van der Waals surface area contributed by atoms with E-state index in [9.17, 15) is 0 Å². The standard InChI is InChI=1S/C14H20N4OS/c1-10-4-2-5-11(8-15)18(10)9-13-16-14(19-17-13)12-6-3-7-20-12/h3,6-7,10-11H,2,4-5,8-9,15H2,1H3. The highest BCUT2D eigenvalue weighted by Crippen LogP contribution is 2.26. The van der Waals surface area contributed by atoms with Crippen molar-refractivity contribution in [3.05, 3.63) is 23.3 Å². The van der Waals surface area contributed by atoms with Crippen molar-refractivity contribution in [1.29, 1.82) is 0 Å². The van der Waals surface area contributed by atoms with Crippen molar-refractivity contribution in [2.75, 3.05) is 6.54 Å². The Bertz CT molecular complexity index is 539. The Morgan fingerprint density at radius 3 is 3.15 bits per heavy atom. The SMILES string of the molecule is CC1CCCC(CN)N1Cc1noc(-c2cccs2)n1. The van der Waals surface area contributed by atoms with Crippen molar-refractivity contribution >= 4 is 11.3 Å². The molecule has 0 saturated carbocycles. The van der Waals surface area contributed by atoms with E-state index in [1.165, 1.54) is 12.8 Å². The van der Waals surface area contributed by atoms with Crippen LogP contribution in [-0.4, -0.2) is 33.7 Å². The lowest BCUT2D eigenvalue weighted by molar-refractivity contribution is 0.0854. The molecule has 3 heterocycles. The average molecular weight is 292 g/mol. The molecule has 2 N–H and O–H groups in total. The Kier molecular flexibility index (Phi) is 4.14. The zero-order valence-corrected chi connectivity index (χ0v) is 12.5. The minimum Gasteiger partial charge on any atom is -0.333 e. The van der Waals surface area contributed by atoms with Crippen LogP contribution in [0.1, 0.15) is 32.0 Å². The van der Waals surface area contributed by atoms with Crippen LogP contribution in [0.3, 0.4) is 0 Å². The summed E-state index contributed by atoms with van der Waals surface area (Å²) in [5.41, 5.74) is 5.89. The molecule has 0 aromatic carbocycles. The highest BCUT2D eigenvalue weighted by molar-refractivity contribution is 7.13. The van der Waals surface area contributed by atoms with Crippen molar-refractivity contribution in [2.24, 2.45) is 5.73 Å². The molecular formula is C14H20N4OS. The van der Waals surface area contributed by atoms with Gasteiger partial charge in [-0.1, -0.05) is 17.6 Å². The summed E-state index contributed by atoms with van der Waals surface area (Å²) in [5.74, 6) is 1.37. The number of rotatable bonds is 4. The van der Waals surface area contributed by atoms with Crippen LogP contribution in [0.15, 0.2) is 22.0 Å². The molecule has 1 fully saturated rings. The molecule has 5 nitrogen and oxygen atoms in total. The Hall–Kier alpha value is -1.24. The van der Waals surface area contributed by atoms with Crippen LogP contribution in [0.2, 0.25) is 0 Å². The normalized spacial score (nSPS) is 24.1. The topological polar surface area (TPSA) is 68.2 Å². The van der Waals surface area contributed by atoms with Crippen molar-refractivity contribution < 1.29 is 4.52 Å². The van der Waals surface area contributed by atoms with Gasteiger partial charge in [0.25, 0.3) is 5.89 Å². The van der Waals surface area contributed by atoms with Gasteiger partial charge in [0.15, 0.2) is 5.82 Å². The van der Waals surface area contributed by atoms with E-state index < -0.39 is 0 Å². The summed E-state index contributed by atoms with van der Waals surface area (Å²) in [6.45, 7) is 3.67. The summed E-state index contributed by atoms with van der Waals surface area (Å²) in [5, 5.41) is 6.12. The van der Waals surface area contributed by atoms with E-state index in [0.29, 0.717) is 24.5 Å². The van der Waals surface area contributed by atoms with Gasteiger partial charge in [0.05, 0.1) is 11.4 Å². The summed E-state index contributed by atoms with van der Waals surface area (Å²) < 4.78 is 5.35. The van der Waals surface area contributed by atoms with E-state index in [1.807, 2.05) is 17.5 Å². The van der Waals surface area contributed by atoms with Crippen molar-refractivity contribution in [3.63, 3.8) is 0 Å². The van der Waals surface area contributed by atoms with Gasteiger partial charge < -0.3 is 10.3 Å². The Balaban J connectivity index is 1.73. The lowest BCUT2D eigenvalue weighted by Crippen LogP contribution is -2.48. The van der Waals surface area contributed by atoms with Gasteiger partial charge in [0.2, 0.25) is 0 Å². The minimum absolute atomic E-state index is 0.433. The molecule has 0 amide bonds. The molecule has 6 heteroatoms. The molecule has 1 saturated heterocycles. The average Bonchev–Trinajstić information content (AvgIpc) is 3.11. The quantitative estimate of drug-likeness (QED) is 0.937. The molecule has 3 rings (SSSR count). The molecule has 0 radical (unpaired) electrons. The number of nitrogens with zero attached hydrogens (tertiary/aromatic N) is 3. The molecule has 0 bridgehead atoms. The second-order valence-corrected chi connectivity index (χ2v) is 6.28. The zero-order chi connectivity index (χ0) is 13.9. The van der Waals surface area contributed by atoms with Crippen LogP contribution in [0, 0.1) is 0 Å². The van der Waals surface area contributed by atoms with E-state index in [-0.39, 0.29) is 0 Å². The molecule has 2 aromatic heterocycles. The molecule has 2 atom stereocenters. The predicted molar refractivity (Wildman–Crippen MR) is 79.3 cm³/mol. The molecule has 108 valence electrons. The Morgan fingerprint density at radius 1 is 1.50 bits per heavy atom. The molecule has 2 unspecified atom stereocenters. The van der Waals surface area contributed by atoms with Crippen LogP contribution in [0.5, 0.6) is 0 Å². The predicted octanol–water partition coefficient (Wildman–Crippen LogP) is 2.50. The van der Waals surface area contributed by atoms with Gasteiger partial charge in [0, 0.05) is 18.6 Å². The van der Waals surface area contributed by atoms with Crippen LogP contribution < -0.4 is 5.73 Å². The number of piperidine rings is 1. The third-order valence-corrected chi connectivity index (χ3v) is 4.85. The van der Waals surface area contributed by atoms with E-state index >= 15 is 0 Å². The highest BCUT2D eigenvalue weighted by Gasteiger charge is 2.28. The smallest absolute Gasteiger partial charge is 0.268 e. The number of aromatic nitrogens is 2. The summed E-state index contributed by atoms with van der Waals surface area (Å²) in [6, 6.07) is 4.94. The summed E-state index contributed by atoms with van der Waals surface area (Å²) in [4.78, 5) is 7.93. The van der Waals surface area contributed by atoms with Crippen LogP contribution in [0.25, 0.3) is 10.8 Å². The van der Waals surface area contributed by atoms with Crippen LogP contribution in [-0.2, 0) is 6.54 Å². The number of hydrogen-bond donors (Lipinski definition) is 1. The largest absolute Gasteiger partial charge is 0.333 e. The molecule has 1 aliphatic heterocycles. The first kappa shape index (κ1) is 13.7. The number of thiophene rings is 1. The highest BCUT2D eigenvalue weighted by atomic mass is 32.1. The molecule has 0 spiro atoms. The minimum atomic E-state index is 0.433. The van der Waals surface area contributed by atoms with E-state index in [2.05, 4.69) is 22.0 Å². The number of nitrogens with two attached hydrogens (primary N) is 1. The maximum atomic E-state index is 5.89. The summed E-state index contributed by atoms with van der Waals surface area (Å²) >= 11 is 1.61. The second-order valence-electron chi connectivity index (χ2n) is 5.33. The van der Waals surface area contributed by atoms with Crippen LogP contribution >= 0.6 is 11.3 Å². The van der Waals surface area contributed by atoms with Crippen molar-refractivity contribution in [2.45, 2.75) is 44.8 Å². The van der Waals surface area contributed by atoms with Crippen LogP contribution in [0.4, 0.5) is 0 Å². The molecule has 1 aliphatic rings. The first-order chi connectivity index (χ1) is 9.78. The molecule has 2 aromatic rings. The fraction of sp³-hybridized carbons (Fsp3) is 0.571. The van der Waals surface area contributed by atoms with Gasteiger partial charge in [-0.2, -0.15) is 4.98 Å². The van der Waals surface area contributed by atoms with E-state index in [4.69, 9.17) is 10.3 Å². The number of hydrogen-bond acceptors (Lipinski definition) is 6. The van der Waals surface area contributed by atoms with E-state index in [1.54, 1.807) is 11.3 Å². The third kappa shape index (κ3) is 2.77. The second kappa shape index (κ2) is 6.03. The van der Waals surface area contributed by atoms with Gasteiger partial charge in [-0.15, -0.1) is 11.3 Å². The van der Waals surface area contributed by atoms with Crippen molar-refractivity contribution in [1.82, 2.24) is 15.0 Å². The first-order valence-corrected chi connectivity index (χ1v) is 7.98. The Labute approximate surface area is 122 Å². The lowest BCUT2D eigenvalue weighted by atomic mass is 9.96. The lowest BCUT2D eigenvalue weighted by Gasteiger charge is -2.39. The van der Waals surface area contributed by atoms with E-state index in [0.717, 1.165) is 23.7 Å². The fourth-order valence-corrected chi connectivity index (χ4v) is 3.51. The maximum absolute atomic E-state index is 5.89. The maximum Gasteiger partial charge on any atom is 0.268 e. The first-order valence-electron chi connectivity index (χ1n) is 7.10. The summed E-state index contributed by atoms with van der Waals surface area (Å²) in [6.07, 6.45) is 3.63. The van der Waals surface area contributed by atoms with Gasteiger partial charge in [-0.25, -0.2) is 0 Å². The van der Waals surface area contributed by atoms with Gasteiger partial charge >= 0.3 is 0 Å². The zero-order valence-electron chi connectivity index (χ0n) is 11.7. The fourth-order valence-electron chi connectivity index (χ4n) is 2.86. The van der Waals surface area contributed by atoms with Gasteiger partial charge in [-0.3, -0.25) is 4.90 Å². The van der Waals surface area contributed by atoms with Crippen molar-refractivity contribution in [3.8, 4) is 10.8 Å². The molecule has 0 aliphatic carbocycles. The number of likely N-dealkylation sites (tertiary alicyclic amines) is 1. The third-order valence-electron chi connectivity index (χ3n) is 3.99. The van der Waals surface area contributed by atoms with Gasteiger partial charge in [-0.05, 0) is 31.2 Å². The Morgan fingerprint density at radius 2 is 2.40 bits per heavy atom.